The van der Waals surface area contributed by atoms with Crippen molar-refractivity contribution in [3.63, 3.8) is 0 Å². The minimum absolute atomic E-state index is 0.0105. The van der Waals surface area contributed by atoms with Crippen LogP contribution in [0.5, 0.6) is 0 Å². The molecule has 2 aliphatic rings. The third-order valence-corrected chi connectivity index (χ3v) is 5.13. The summed E-state index contributed by atoms with van der Waals surface area (Å²) in [4.78, 5) is 38.5. The number of nitrogens with one attached hydrogen (secondary N) is 1. The van der Waals surface area contributed by atoms with E-state index in [1.807, 2.05) is 0 Å². The molecule has 22 heavy (non-hydrogen) atoms. The average molecular weight is 339 g/mol. The number of carbonyl (C=O) groups is 3. The van der Waals surface area contributed by atoms with Gasteiger partial charge in [0.25, 0.3) is 11.8 Å². The zero-order chi connectivity index (χ0) is 15.7. The van der Waals surface area contributed by atoms with Gasteiger partial charge in [0.1, 0.15) is 5.57 Å². The van der Waals surface area contributed by atoms with Crippen LogP contribution in [0.15, 0.2) is 17.7 Å². The molecule has 7 heteroatoms. The molecular weight excluding hydrogens is 324 g/mol. The van der Waals surface area contributed by atoms with Crippen molar-refractivity contribution in [2.45, 2.75) is 38.1 Å². The number of rotatable bonds is 2. The van der Waals surface area contributed by atoms with E-state index in [-0.39, 0.29) is 11.6 Å². The summed E-state index contributed by atoms with van der Waals surface area (Å²) in [7, 11) is 0. The minimum atomic E-state index is -0.647. The first-order valence-corrected chi connectivity index (χ1v) is 8.41. The highest BCUT2D eigenvalue weighted by molar-refractivity contribution is 7.17. The molecule has 0 radical (unpaired) electrons. The highest BCUT2D eigenvalue weighted by Crippen LogP contribution is 2.28. The monoisotopic (exact) mass is 338 g/mol. The number of amides is 4. The molecule has 1 saturated heterocycles. The summed E-state index contributed by atoms with van der Waals surface area (Å²) in [6, 6.07) is 2.71. The molecule has 116 valence electrons. The quantitative estimate of drug-likeness (QED) is 0.665. The molecule has 2 heterocycles. The zero-order valence-corrected chi connectivity index (χ0v) is 13.4. The average Bonchev–Trinajstić information content (AvgIpc) is 2.90. The molecule has 1 aromatic heterocycles. The Balaban J connectivity index is 1.90. The van der Waals surface area contributed by atoms with Gasteiger partial charge in [-0.15, -0.1) is 11.3 Å². The van der Waals surface area contributed by atoms with E-state index in [0.717, 1.165) is 32.1 Å². The van der Waals surface area contributed by atoms with E-state index in [9.17, 15) is 14.4 Å². The molecule has 1 N–H and O–H groups in total. The number of hydrogen-bond donors (Lipinski definition) is 1. The Morgan fingerprint density at radius 2 is 1.91 bits per heavy atom. The van der Waals surface area contributed by atoms with Crippen LogP contribution < -0.4 is 5.32 Å². The summed E-state index contributed by atoms with van der Waals surface area (Å²) >= 11 is 7.14. The topological polar surface area (TPSA) is 66.5 Å². The number of thiophene rings is 1. The number of carbonyl (C=O) groups excluding carboxylic acids is 3. The maximum Gasteiger partial charge on any atom is 0.331 e. The van der Waals surface area contributed by atoms with E-state index in [1.165, 1.54) is 22.3 Å². The normalized spacial score (nSPS) is 22.3. The van der Waals surface area contributed by atoms with Gasteiger partial charge in [-0.2, -0.15) is 0 Å². The molecule has 1 aliphatic carbocycles. The van der Waals surface area contributed by atoms with Crippen molar-refractivity contribution in [1.82, 2.24) is 10.2 Å². The van der Waals surface area contributed by atoms with Gasteiger partial charge in [0.15, 0.2) is 0 Å². The highest BCUT2D eigenvalue weighted by Gasteiger charge is 2.40. The SMILES string of the molecule is O=C1NC(=O)N(C2CCCCC2)C(=O)C1=Cc1ccc(Cl)s1. The number of hydrogen-bond acceptors (Lipinski definition) is 4. The van der Waals surface area contributed by atoms with Crippen molar-refractivity contribution in [2.24, 2.45) is 0 Å². The minimum Gasteiger partial charge on any atom is -0.273 e. The predicted molar refractivity (Wildman–Crippen MR) is 84.6 cm³/mol. The first kappa shape index (κ1) is 15.2. The van der Waals surface area contributed by atoms with Crippen LogP contribution in [0.3, 0.4) is 0 Å². The second-order valence-corrected chi connectivity index (χ2v) is 7.17. The third kappa shape index (κ3) is 2.94. The van der Waals surface area contributed by atoms with E-state index >= 15 is 0 Å². The van der Waals surface area contributed by atoms with E-state index in [0.29, 0.717) is 9.21 Å². The molecule has 2 fully saturated rings. The smallest absolute Gasteiger partial charge is 0.273 e. The molecule has 1 saturated carbocycles. The Hall–Kier alpha value is -1.66. The summed E-state index contributed by atoms with van der Waals surface area (Å²) in [6.07, 6.45) is 6.20. The zero-order valence-electron chi connectivity index (χ0n) is 11.8. The lowest BCUT2D eigenvalue weighted by Crippen LogP contribution is -2.58. The van der Waals surface area contributed by atoms with E-state index in [1.54, 1.807) is 12.1 Å². The highest BCUT2D eigenvalue weighted by atomic mass is 35.5. The van der Waals surface area contributed by atoms with Gasteiger partial charge >= 0.3 is 6.03 Å². The van der Waals surface area contributed by atoms with Crippen molar-refractivity contribution >= 4 is 46.9 Å². The molecule has 0 atom stereocenters. The Bertz CT molecular complexity index is 661. The molecule has 5 nitrogen and oxygen atoms in total. The summed E-state index contributed by atoms with van der Waals surface area (Å²) in [6.45, 7) is 0. The lowest BCUT2D eigenvalue weighted by atomic mass is 9.93. The predicted octanol–water partition coefficient (Wildman–Crippen LogP) is 3.20. The second kappa shape index (κ2) is 6.22. The molecule has 0 spiro atoms. The summed E-state index contributed by atoms with van der Waals surface area (Å²) in [5.41, 5.74) is -0.0105. The Morgan fingerprint density at radius 3 is 2.55 bits per heavy atom. The second-order valence-electron chi connectivity index (χ2n) is 5.43. The van der Waals surface area contributed by atoms with Gasteiger partial charge in [0.2, 0.25) is 0 Å². The Kier molecular flexibility index (Phi) is 4.31. The van der Waals surface area contributed by atoms with Gasteiger partial charge in [-0.25, -0.2) is 4.79 Å². The summed E-state index contributed by atoms with van der Waals surface area (Å²) < 4.78 is 0.579. The fourth-order valence-corrected chi connectivity index (χ4v) is 3.89. The molecule has 3 rings (SSSR count). The van der Waals surface area contributed by atoms with Gasteiger partial charge in [0, 0.05) is 10.9 Å². The van der Waals surface area contributed by atoms with Gasteiger partial charge in [-0.05, 0) is 31.1 Å². The molecule has 1 aliphatic heterocycles. The van der Waals surface area contributed by atoms with Gasteiger partial charge < -0.3 is 0 Å². The van der Waals surface area contributed by atoms with Crippen LogP contribution in [0.25, 0.3) is 6.08 Å². The van der Waals surface area contributed by atoms with Crippen LogP contribution in [-0.4, -0.2) is 28.8 Å². The van der Waals surface area contributed by atoms with Crippen LogP contribution in [0, 0.1) is 0 Å². The third-order valence-electron chi connectivity index (χ3n) is 3.95. The van der Waals surface area contributed by atoms with Crippen LogP contribution in [0.4, 0.5) is 4.79 Å². The number of nitrogens with zero attached hydrogens (tertiary/aromatic N) is 1. The maximum absolute atomic E-state index is 12.6. The number of imide groups is 2. The molecule has 0 bridgehead atoms. The molecule has 0 unspecified atom stereocenters. The largest absolute Gasteiger partial charge is 0.331 e. The molecule has 1 aromatic rings. The fraction of sp³-hybridized carbons (Fsp3) is 0.400. The number of urea groups is 1. The van der Waals surface area contributed by atoms with Gasteiger partial charge in [0.05, 0.1) is 4.34 Å². The first-order chi connectivity index (χ1) is 10.6. The Labute approximate surface area is 136 Å². The van der Waals surface area contributed by atoms with Crippen LogP contribution in [0.1, 0.15) is 37.0 Å². The van der Waals surface area contributed by atoms with Gasteiger partial charge in [-0.1, -0.05) is 30.9 Å². The molecule has 0 aromatic carbocycles. The number of barbiturate groups is 1. The van der Waals surface area contributed by atoms with Gasteiger partial charge in [-0.3, -0.25) is 19.8 Å². The van der Waals surface area contributed by atoms with E-state index in [4.69, 9.17) is 11.6 Å². The summed E-state index contributed by atoms with van der Waals surface area (Å²) in [5, 5.41) is 2.26. The molecular formula is C15H15ClN2O3S. The van der Waals surface area contributed by atoms with Crippen molar-refractivity contribution in [1.29, 1.82) is 0 Å². The standard InChI is InChI=1S/C15H15ClN2O3S/c16-12-7-6-10(22-12)8-11-13(19)17-15(21)18(14(11)20)9-4-2-1-3-5-9/h6-9H,1-5H2,(H,17,19,21). The van der Waals surface area contributed by atoms with Crippen molar-refractivity contribution in [3.05, 3.63) is 26.9 Å². The van der Waals surface area contributed by atoms with Crippen LogP contribution >= 0.6 is 22.9 Å². The van der Waals surface area contributed by atoms with E-state index in [2.05, 4.69) is 5.32 Å². The first-order valence-electron chi connectivity index (χ1n) is 7.22. The fourth-order valence-electron chi connectivity index (χ4n) is 2.89. The summed E-state index contributed by atoms with van der Waals surface area (Å²) in [5.74, 6) is -1.16. The molecule has 4 amide bonds. The van der Waals surface area contributed by atoms with Crippen molar-refractivity contribution < 1.29 is 14.4 Å². The Morgan fingerprint density at radius 1 is 1.18 bits per heavy atom. The van der Waals surface area contributed by atoms with E-state index < -0.39 is 17.8 Å². The maximum atomic E-state index is 12.6. The van der Waals surface area contributed by atoms with Crippen molar-refractivity contribution in [2.75, 3.05) is 0 Å². The van der Waals surface area contributed by atoms with Crippen LogP contribution in [0.2, 0.25) is 4.34 Å². The van der Waals surface area contributed by atoms with Crippen molar-refractivity contribution in [3.8, 4) is 0 Å². The number of halogens is 1. The lowest BCUT2D eigenvalue weighted by Gasteiger charge is -2.35. The lowest BCUT2D eigenvalue weighted by molar-refractivity contribution is -0.132. The van der Waals surface area contributed by atoms with Crippen LogP contribution in [-0.2, 0) is 9.59 Å².